The van der Waals surface area contributed by atoms with Crippen LogP contribution in [0.5, 0.6) is 0 Å². The van der Waals surface area contributed by atoms with Gasteiger partial charge in [0, 0.05) is 0 Å². The van der Waals surface area contributed by atoms with Gasteiger partial charge in [-0.2, -0.15) is 0 Å². The Kier molecular flexibility index (Phi) is 5.63. The molecule has 1 aromatic carbocycles. The lowest BCUT2D eigenvalue weighted by Crippen LogP contribution is -2.18. The molecule has 0 heterocycles. The molecule has 1 nitrogen and oxygen atoms in total. The van der Waals surface area contributed by atoms with Crippen LogP contribution in [0, 0.1) is 12.3 Å². The fraction of sp³-hybridized carbons (Fsp3) is 0.524. The molecule has 0 saturated heterocycles. The van der Waals surface area contributed by atoms with Gasteiger partial charge in [0.25, 0.3) is 0 Å². The zero-order chi connectivity index (χ0) is 16.2. The third-order valence-corrected chi connectivity index (χ3v) is 5.01. The van der Waals surface area contributed by atoms with Crippen molar-refractivity contribution in [3.05, 3.63) is 52.1 Å². The van der Waals surface area contributed by atoms with E-state index < -0.39 is 0 Å². The van der Waals surface area contributed by atoms with Crippen LogP contribution >= 0.6 is 0 Å². The van der Waals surface area contributed by atoms with E-state index in [-0.39, 0.29) is 0 Å². The number of hydrogen-bond donors (Lipinski definition) is 1. The summed E-state index contributed by atoms with van der Waals surface area (Å²) in [5, 5.41) is 0. The first-order chi connectivity index (χ1) is 10.4. The number of hydrogen-bond acceptors (Lipinski definition) is 1. The van der Waals surface area contributed by atoms with Crippen LogP contribution in [-0.4, -0.2) is 6.54 Å². The van der Waals surface area contributed by atoms with Crippen LogP contribution in [0.25, 0.3) is 6.08 Å². The van der Waals surface area contributed by atoms with Crippen molar-refractivity contribution in [3.8, 4) is 0 Å². The Balaban J connectivity index is 2.23. The topological polar surface area (TPSA) is 26.0 Å². The van der Waals surface area contributed by atoms with Gasteiger partial charge in [-0.05, 0) is 80.2 Å². The van der Waals surface area contributed by atoms with Gasteiger partial charge in [0.1, 0.15) is 0 Å². The van der Waals surface area contributed by atoms with Gasteiger partial charge in [0.15, 0.2) is 0 Å². The Morgan fingerprint density at radius 1 is 1.18 bits per heavy atom. The minimum atomic E-state index is 0.311. The Hall–Kier alpha value is -1.34. The quantitative estimate of drug-likeness (QED) is 0.771. The van der Waals surface area contributed by atoms with Gasteiger partial charge in [0.2, 0.25) is 0 Å². The van der Waals surface area contributed by atoms with Crippen LogP contribution in [0.3, 0.4) is 0 Å². The first kappa shape index (κ1) is 17.0. The maximum atomic E-state index is 5.65. The predicted molar refractivity (Wildman–Crippen MR) is 97.9 cm³/mol. The van der Waals surface area contributed by atoms with Crippen molar-refractivity contribution in [2.24, 2.45) is 11.1 Å². The highest BCUT2D eigenvalue weighted by Crippen LogP contribution is 2.40. The molecule has 2 rings (SSSR count). The molecule has 0 saturated carbocycles. The third-order valence-electron chi connectivity index (χ3n) is 5.01. The summed E-state index contributed by atoms with van der Waals surface area (Å²) in [7, 11) is 0. The fourth-order valence-electron chi connectivity index (χ4n) is 3.55. The van der Waals surface area contributed by atoms with Gasteiger partial charge in [0.05, 0.1) is 0 Å². The Bertz CT molecular complexity index is 576. The third kappa shape index (κ3) is 4.10. The summed E-state index contributed by atoms with van der Waals surface area (Å²) in [6.07, 6.45) is 10.6. The summed E-state index contributed by atoms with van der Waals surface area (Å²) in [6.45, 7) is 9.99. The smallest absolute Gasteiger partial charge is 0.00741 e. The van der Waals surface area contributed by atoms with Crippen molar-refractivity contribution in [1.29, 1.82) is 0 Å². The van der Waals surface area contributed by atoms with E-state index in [2.05, 4.69) is 58.0 Å². The maximum absolute atomic E-state index is 5.65. The molecular weight excluding hydrogens is 266 g/mol. The van der Waals surface area contributed by atoms with Crippen molar-refractivity contribution in [2.75, 3.05) is 6.54 Å². The van der Waals surface area contributed by atoms with Gasteiger partial charge in [-0.15, -0.1) is 0 Å². The molecule has 2 N–H and O–H groups in total. The normalized spacial score (nSPS) is 18.2. The van der Waals surface area contributed by atoms with Crippen molar-refractivity contribution in [1.82, 2.24) is 0 Å². The number of rotatable bonds is 5. The zero-order valence-electron chi connectivity index (χ0n) is 14.7. The minimum absolute atomic E-state index is 0.311. The van der Waals surface area contributed by atoms with Crippen LogP contribution in [0.1, 0.15) is 63.1 Å². The van der Waals surface area contributed by atoms with E-state index in [0.29, 0.717) is 5.41 Å². The van der Waals surface area contributed by atoms with Crippen LogP contribution in [0.15, 0.2) is 35.4 Å². The number of benzene rings is 1. The van der Waals surface area contributed by atoms with Crippen molar-refractivity contribution in [2.45, 2.75) is 59.8 Å². The molecular formula is C21H31N. The molecule has 0 unspecified atom stereocenters. The number of aryl methyl sites for hydroxylation is 2. The summed E-state index contributed by atoms with van der Waals surface area (Å²) >= 11 is 0. The molecule has 0 fully saturated rings. The van der Waals surface area contributed by atoms with E-state index in [0.717, 1.165) is 19.4 Å². The second-order valence-electron chi connectivity index (χ2n) is 7.34. The molecule has 1 aromatic rings. The van der Waals surface area contributed by atoms with Gasteiger partial charge in [-0.3, -0.25) is 0 Å². The predicted octanol–water partition coefficient (Wildman–Crippen LogP) is 5.43. The van der Waals surface area contributed by atoms with Crippen LogP contribution in [0.2, 0.25) is 0 Å². The van der Waals surface area contributed by atoms with E-state index in [4.69, 9.17) is 5.73 Å². The molecule has 0 aliphatic heterocycles. The molecule has 1 heteroatoms. The largest absolute Gasteiger partial charge is 0.330 e. The molecule has 0 atom stereocenters. The summed E-state index contributed by atoms with van der Waals surface area (Å²) in [5.41, 5.74) is 13.2. The summed E-state index contributed by atoms with van der Waals surface area (Å²) in [4.78, 5) is 0. The molecule has 120 valence electrons. The van der Waals surface area contributed by atoms with E-state index in [1.54, 1.807) is 5.57 Å². The molecule has 1 aliphatic carbocycles. The van der Waals surface area contributed by atoms with E-state index in [9.17, 15) is 0 Å². The molecule has 0 aromatic heterocycles. The second kappa shape index (κ2) is 7.28. The van der Waals surface area contributed by atoms with Crippen molar-refractivity contribution in [3.63, 3.8) is 0 Å². The van der Waals surface area contributed by atoms with Crippen LogP contribution in [0.4, 0.5) is 0 Å². The van der Waals surface area contributed by atoms with Crippen molar-refractivity contribution < 1.29 is 0 Å². The van der Waals surface area contributed by atoms with Crippen LogP contribution < -0.4 is 5.73 Å². The van der Waals surface area contributed by atoms with Crippen molar-refractivity contribution >= 4 is 6.08 Å². The SMILES string of the molecule is CC1=C(/C=C/c2ccc(C)c(CCCN)c2)C(C)(C)CCC1. The molecule has 0 radical (unpaired) electrons. The first-order valence-electron chi connectivity index (χ1n) is 8.62. The maximum Gasteiger partial charge on any atom is -0.00741 e. The van der Waals surface area contributed by atoms with Gasteiger partial charge in [-0.1, -0.05) is 49.8 Å². The second-order valence-corrected chi connectivity index (χ2v) is 7.34. The monoisotopic (exact) mass is 297 g/mol. The zero-order valence-corrected chi connectivity index (χ0v) is 14.7. The summed E-state index contributed by atoms with van der Waals surface area (Å²) in [5.74, 6) is 0. The van der Waals surface area contributed by atoms with Gasteiger partial charge >= 0.3 is 0 Å². The summed E-state index contributed by atoms with van der Waals surface area (Å²) in [6, 6.07) is 6.79. The highest BCUT2D eigenvalue weighted by Gasteiger charge is 2.26. The Morgan fingerprint density at radius 3 is 2.64 bits per heavy atom. The summed E-state index contributed by atoms with van der Waals surface area (Å²) < 4.78 is 0. The molecule has 22 heavy (non-hydrogen) atoms. The van der Waals surface area contributed by atoms with Gasteiger partial charge in [-0.25, -0.2) is 0 Å². The number of allylic oxidation sites excluding steroid dienone is 3. The van der Waals surface area contributed by atoms with E-state index in [1.165, 1.54) is 41.5 Å². The lowest BCUT2D eigenvalue weighted by molar-refractivity contribution is 0.377. The van der Waals surface area contributed by atoms with E-state index in [1.807, 2.05) is 0 Å². The van der Waals surface area contributed by atoms with Gasteiger partial charge < -0.3 is 5.73 Å². The highest BCUT2D eigenvalue weighted by atomic mass is 14.5. The molecule has 0 amide bonds. The first-order valence-corrected chi connectivity index (χ1v) is 8.62. The Morgan fingerprint density at radius 2 is 1.95 bits per heavy atom. The Labute approximate surface area is 136 Å². The van der Waals surface area contributed by atoms with Crippen LogP contribution in [-0.2, 0) is 6.42 Å². The lowest BCUT2D eigenvalue weighted by atomic mass is 9.72. The highest BCUT2D eigenvalue weighted by molar-refractivity contribution is 5.56. The average molecular weight is 297 g/mol. The molecule has 0 bridgehead atoms. The standard InChI is InChI=1S/C21H31N/c1-16-9-10-18(15-19(16)8-6-14-22)11-12-20-17(2)7-5-13-21(20,3)4/h9-12,15H,5-8,13-14,22H2,1-4H3/b12-11+. The molecule has 1 aliphatic rings. The fourth-order valence-corrected chi connectivity index (χ4v) is 3.55. The number of nitrogens with two attached hydrogens (primary N) is 1. The lowest BCUT2D eigenvalue weighted by Gasteiger charge is -2.32. The minimum Gasteiger partial charge on any atom is -0.330 e. The molecule has 0 spiro atoms. The average Bonchev–Trinajstić information content (AvgIpc) is 2.46. The van der Waals surface area contributed by atoms with E-state index >= 15 is 0 Å².